The van der Waals surface area contributed by atoms with Gasteiger partial charge in [0.05, 0.1) is 16.0 Å². The number of amides is 1. The predicted molar refractivity (Wildman–Crippen MR) is 73.4 cm³/mol. The van der Waals surface area contributed by atoms with E-state index in [1.165, 1.54) is 12.1 Å². The monoisotopic (exact) mass is 290 g/mol. The smallest absolute Gasteiger partial charge is 0.258 e. The Morgan fingerprint density at radius 1 is 1.20 bits per heavy atom. The summed E-state index contributed by atoms with van der Waals surface area (Å²) >= 11 is 5.94. The molecule has 0 unspecified atom stereocenters. The normalized spacial score (nSPS) is 10.7. The first kappa shape index (κ1) is 12.6. The maximum Gasteiger partial charge on any atom is 0.258 e. The Bertz CT molecular complexity index is 801. The lowest BCUT2D eigenvalue weighted by Crippen LogP contribution is -2.12. The van der Waals surface area contributed by atoms with E-state index < -0.39 is 11.7 Å². The van der Waals surface area contributed by atoms with Crippen molar-refractivity contribution in [2.24, 2.45) is 0 Å². The Labute approximate surface area is 118 Å². The number of fused-ring (bicyclic) bond motifs is 1. The lowest BCUT2D eigenvalue weighted by atomic mass is 10.2. The summed E-state index contributed by atoms with van der Waals surface area (Å²) in [5.74, 6) is -0.812. The van der Waals surface area contributed by atoms with Gasteiger partial charge in [0, 0.05) is 0 Å². The molecule has 0 spiro atoms. The fraction of sp³-hybridized carbons (Fsp3) is 0. The van der Waals surface area contributed by atoms with Crippen LogP contribution < -0.4 is 5.32 Å². The van der Waals surface area contributed by atoms with Gasteiger partial charge in [-0.3, -0.25) is 4.79 Å². The number of para-hydroxylation sites is 1. The lowest BCUT2D eigenvalue weighted by molar-refractivity contribution is 0.102. The van der Waals surface area contributed by atoms with Crippen LogP contribution in [0.4, 0.5) is 10.2 Å². The second kappa shape index (κ2) is 4.94. The molecular formula is C14H8ClFN2O2. The van der Waals surface area contributed by atoms with E-state index in [0.717, 1.165) is 0 Å². The molecule has 3 rings (SSSR count). The highest BCUT2D eigenvalue weighted by Gasteiger charge is 2.16. The number of aromatic nitrogens is 1. The van der Waals surface area contributed by atoms with Crippen molar-refractivity contribution < 1.29 is 13.7 Å². The average Bonchev–Trinajstić information content (AvgIpc) is 2.84. The number of halogens is 2. The minimum absolute atomic E-state index is 0.00181. The number of rotatable bonds is 2. The Hall–Kier alpha value is -2.40. The van der Waals surface area contributed by atoms with E-state index in [1.54, 1.807) is 30.3 Å². The van der Waals surface area contributed by atoms with Gasteiger partial charge in [-0.2, -0.15) is 0 Å². The molecule has 4 nitrogen and oxygen atoms in total. The molecule has 0 saturated heterocycles. The molecule has 1 heterocycles. The lowest BCUT2D eigenvalue weighted by Gasteiger charge is -2.03. The van der Waals surface area contributed by atoms with E-state index in [9.17, 15) is 9.18 Å². The molecule has 1 N–H and O–H groups in total. The van der Waals surface area contributed by atoms with Gasteiger partial charge < -0.3 is 9.84 Å². The Morgan fingerprint density at radius 2 is 2.00 bits per heavy atom. The van der Waals surface area contributed by atoms with E-state index in [4.69, 9.17) is 16.1 Å². The Balaban J connectivity index is 1.96. The second-order valence-corrected chi connectivity index (χ2v) is 4.49. The number of carbonyl (C=O) groups is 1. The van der Waals surface area contributed by atoms with Crippen LogP contribution >= 0.6 is 11.6 Å². The SMILES string of the molecule is O=C(Nc1noc2c(F)cccc12)c1ccccc1Cl. The number of nitrogens with one attached hydrogen (secondary N) is 1. The maximum absolute atomic E-state index is 13.5. The number of nitrogens with zero attached hydrogens (tertiary/aromatic N) is 1. The third-order valence-corrected chi connectivity index (χ3v) is 3.13. The number of hydrogen-bond donors (Lipinski definition) is 1. The van der Waals surface area contributed by atoms with Gasteiger partial charge in [-0.15, -0.1) is 0 Å². The zero-order chi connectivity index (χ0) is 14.1. The number of hydrogen-bond acceptors (Lipinski definition) is 3. The first-order valence-electron chi connectivity index (χ1n) is 5.76. The third kappa shape index (κ3) is 2.12. The average molecular weight is 291 g/mol. The molecule has 0 atom stereocenters. The summed E-state index contributed by atoms with van der Waals surface area (Å²) in [6.07, 6.45) is 0. The van der Waals surface area contributed by atoms with Crippen LogP contribution in [0.1, 0.15) is 10.4 Å². The van der Waals surface area contributed by atoms with Gasteiger partial charge in [-0.25, -0.2) is 4.39 Å². The van der Waals surface area contributed by atoms with Crippen LogP contribution in [0, 0.1) is 5.82 Å². The first-order valence-corrected chi connectivity index (χ1v) is 6.14. The van der Waals surface area contributed by atoms with Gasteiger partial charge in [-0.05, 0) is 24.3 Å². The summed E-state index contributed by atoms with van der Waals surface area (Å²) < 4.78 is 18.3. The zero-order valence-electron chi connectivity index (χ0n) is 10.1. The molecule has 0 aliphatic carbocycles. The van der Waals surface area contributed by atoms with E-state index in [0.29, 0.717) is 16.0 Å². The summed E-state index contributed by atoms with van der Waals surface area (Å²) in [5, 5.41) is 6.93. The molecule has 2 aromatic carbocycles. The summed E-state index contributed by atoms with van der Waals surface area (Å²) in [5.41, 5.74) is 0.309. The van der Waals surface area contributed by atoms with Crippen LogP contribution in [0.2, 0.25) is 5.02 Å². The van der Waals surface area contributed by atoms with Crippen LogP contribution in [0.5, 0.6) is 0 Å². The van der Waals surface area contributed by atoms with E-state index in [-0.39, 0.29) is 11.4 Å². The van der Waals surface area contributed by atoms with Crippen LogP contribution in [-0.2, 0) is 0 Å². The van der Waals surface area contributed by atoms with Crippen LogP contribution in [0.25, 0.3) is 11.0 Å². The van der Waals surface area contributed by atoms with Gasteiger partial charge in [0.25, 0.3) is 5.91 Å². The molecular weight excluding hydrogens is 283 g/mol. The molecule has 3 aromatic rings. The Morgan fingerprint density at radius 3 is 2.80 bits per heavy atom. The van der Waals surface area contributed by atoms with E-state index >= 15 is 0 Å². The molecule has 0 fully saturated rings. The van der Waals surface area contributed by atoms with E-state index in [2.05, 4.69) is 10.5 Å². The topological polar surface area (TPSA) is 55.1 Å². The highest BCUT2D eigenvalue weighted by molar-refractivity contribution is 6.34. The molecule has 100 valence electrons. The molecule has 1 aromatic heterocycles. The molecule has 0 aliphatic heterocycles. The van der Waals surface area contributed by atoms with Crippen LogP contribution in [-0.4, -0.2) is 11.1 Å². The molecule has 0 saturated carbocycles. The van der Waals surface area contributed by atoms with Gasteiger partial charge in [0.2, 0.25) is 5.58 Å². The molecule has 0 aliphatic rings. The standard InChI is InChI=1S/C14H8ClFN2O2/c15-10-6-2-1-4-8(10)14(19)17-13-9-5-3-7-11(16)12(9)20-18-13/h1-7H,(H,17,18,19). The van der Waals surface area contributed by atoms with Crippen molar-refractivity contribution in [3.63, 3.8) is 0 Å². The van der Waals surface area contributed by atoms with Gasteiger partial charge in [0.15, 0.2) is 11.6 Å². The highest BCUT2D eigenvalue weighted by atomic mass is 35.5. The maximum atomic E-state index is 13.5. The fourth-order valence-corrected chi connectivity index (χ4v) is 2.06. The van der Waals surface area contributed by atoms with Crippen molar-refractivity contribution in [3.05, 3.63) is 58.9 Å². The van der Waals surface area contributed by atoms with Crippen LogP contribution in [0.15, 0.2) is 47.0 Å². The summed E-state index contributed by atoms with van der Waals surface area (Å²) in [4.78, 5) is 12.1. The Kier molecular flexibility index (Phi) is 3.12. The van der Waals surface area contributed by atoms with Crippen molar-refractivity contribution in [3.8, 4) is 0 Å². The molecule has 0 radical (unpaired) electrons. The highest BCUT2D eigenvalue weighted by Crippen LogP contribution is 2.25. The van der Waals surface area contributed by atoms with Crippen LogP contribution in [0.3, 0.4) is 0 Å². The third-order valence-electron chi connectivity index (χ3n) is 2.80. The molecule has 6 heteroatoms. The van der Waals surface area contributed by atoms with Crippen molar-refractivity contribution in [1.82, 2.24) is 5.16 Å². The second-order valence-electron chi connectivity index (χ2n) is 4.08. The first-order chi connectivity index (χ1) is 9.66. The number of carbonyl (C=O) groups excluding carboxylic acids is 1. The quantitative estimate of drug-likeness (QED) is 0.779. The van der Waals surface area contributed by atoms with Crippen molar-refractivity contribution in [1.29, 1.82) is 0 Å². The van der Waals surface area contributed by atoms with Crippen molar-refractivity contribution >= 4 is 34.3 Å². The number of anilines is 1. The number of benzene rings is 2. The van der Waals surface area contributed by atoms with Gasteiger partial charge in [0.1, 0.15) is 0 Å². The predicted octanol–water partition coefficient (Wildman–Crippen LogP) is 3.87. The van der Waals surface area contributed by atoms with E-state index in [1.807, 2.05) is 0 Å². The molecule has 1 amide bonds. The summed E-state index contributed by atoms with van der Waals surface area (Å²) in [6.45, 7) is 0. The minimum atomic E-state index is -0.534. The summed E-state index contributed by atoms with van der Waals surface area (Å²) in [7, 11) is 0. The van der Waals surface area contributed by atoms with Gasteiger partial charge in [-0.1, -0.05) is 35.0 Å². The van der Waals surface area contributed by atoms with Gasteiger partial charge >= 0.3 is 0 Å². The molecule has 0 bridgehead atoms. The fourth-order valence-electron chi connectivity index (χ4n) is 1.84. The molecule has 20 heavy (non-hydrogen) atoms. The minimum Gasteiger partial charge on any atom is -0.351 e. The zero-order valence-corrected chi connectivity index (χ0v) is 10.8. The summed E-state index contributed by atoms with van der Waals surface area (Å²) in [6, 6.07) is 11.0. The van der Waals surface area contributed by atoms with Crippen molar-refractivity contribution in [2.45, 2.75) is 0 Å². The van der Waals surface area contributed by atoms with Crippen molar-refractivity contribution in [2.75, 3.05) is 5.32 Å². The largest absolute Gasteiger partial charge is 0.351 e.